The van der Waals surface area contributed by atoms with Gasteiger partial charge < -0.3 is 14.7 Å². The lowest BCUT2D eigenvalue weighted by atomic mass is 9.94. The Morgan fingerprint density at radius 1 is 0.938 bits per heavy atom. The van der Waals surface area contributed by atoms with Crippen molar-refractivity contribution in [3.8, 4) is 16.9 Å². The third-order valence-corrected chi connectivity index (χ3v) is 5.33. The summed E-state index contributed by atoms with van der Waals surface area (Å²) in [6, 6.07) is 22.4. The molecule has 2 N–H and O–H groups in total. The monoisotopic (exact) mass is 421 g/mol. The van der Waals surface area contributed by atoms with Crippen molar-refractivity contribution in [3.05, 3.63) is 101 Å². The van der Waals surface area contributed by atoms with E-state index in [2.05, 4.69) is 15.0 Å². The van der Waals surface area contributed by atoms with Crippen molar-refractivity contribution in [1.29, 1.82) is 0 Å². The number of nitrogens with one attached hydrogen (secondary N) is 2. The van der Waals surface area contributed by atoms with E-state index >= 15 is 0 Å². The van der Waals surface area contributed by atoms with E-state index in [1.807, 2.05) is 60.7 Å². The summed E-state index contributed by atoms with van der Waals surface area (Å²) in [6.45, 7) is 0. The number of imidazole rings is 1. The van der Waals surface area contributed by atoms with Gasteiger partial charge in [0.05, 0.1) is 23.7 Å². The van der Waals surface area contributed by atoms with Crippen molar-refractivity contribution >= 4 is 33.8 Å². The highest BCUT2D eigenvalue weighted by atomic mass is 16.5. The molecule has 0 aliphatic carbocycles. The standard InChI is InChI=1S/C26H19N3O3/c1-32-17-11-12-19-18(15-17)24(16-7-3-2-4-8-16)25(26(31)29-19)22(30)13-14-23-27-20-9-5-6-10-21(20)28-23/h2-15H,1H3,(H,27,28)(H,29,31)/b14-13+. The Kier molecular flexibility index (Phi) is 4.88. The minimum absolute atomic E-state index is 0.0734. The van der Waals surface area contributed by atoms with Crippen LogP contribution in [0.25, 0.3) is 39.1 Å². The van der Waals surface area contributed by atoms with Gasteiger partial charge in [-0.05, 0) is 48.0 Å². The molecule has 0 amide bonds. The molecule has 0 atom stereocenters. The summed E-state index contributed by atoms with van der Waals surface area (Å²) < 4.78 is 5.37. The van der Waals surface area contributed by atoms with Gasteiger partial charge in [0.25, 0.3) is 5.56 Å². The molecule has 6 nitrogen and oxygen atoms in total. The molecule has 156 valence electrons. The summed E-state index contributed by atoms with van der Waals surface area (Å²) in [5.41, 5.74) is 3.29. The SMILES string of the molecule is COc1ccc2[nH]c(=O)c(C(=O)/C=C/c3nc4ccccc4[nH]3)c(-c3ccccc3)c2c1. The largest absolute Gasteiger partial charge is 0.497 e. The Bertz CT molecular complexity index is 1510. The van der Waals surface area contributed by atoms with E-state index in [4.69, 9.17) is 4.74 Å². The molecule has 2 aromatic heterocycles. The van der Waals surface area contributed by atoms with Gasteiger partial charge >= 0.3 is 0 Å². The lowest BCUT2D eigenvalue weighted by Gasteiger charge is -2.12. The molecule has 0 fully saturated rings. The molecule has 0 bridgehead atoms. The van der Waals surface area contributed by atoms with Crippen LogP contribution in [0.15, 0.2) is 83.7 Å². The number of methoxy groups -OCH3 is 1. The number of aromatic nitrogens is 3. The van der Waals surface area contributed by atoms with Gasteiger partial charge in [0.1, 0.15) is 11.6 Å². The van der Waals surface area contributed by atoms with Crippen LogP contribution in [-0.4, -0.2) is 27.8 Å². The zero-order chi connectivity index (χ0) is 22.1. The lowest BCUT2D eigenvalue weighted by Crippen LogP contribution is -2.18. The number of benzene rings is 3. The van der Waals surface area contributed by atoms with Crippen LogP contribution in [0, 0.1) is 0 Å². The van der Waals surface area contributed by atoms with Crippen molar-refractivity contribution in [2.24, 2.45) is 0 Å². The number of carbonyl (C=O) groups excluding carboxylic acids is 1. The normalized spacial score (nSPS) is 11.4. The van der Waals surface area contributed by atoms with E-state index in [1.165, 1.54) is 6.08 Å². The number of ketones is 1. The predicted molar refractivity (Wildman–Crippen MR) is 126 cm³/mol. The van der Waals surface area contributed by atoms with Gasteiger partial charge in [-0.15, -0.1) is 0 Å². The molecule has 5 rings (SSSR count). The van der Waals surface area contributed by atoms with Gasteiger partial charge in [0.15, 0.2) is 5.78 Å². The van der Waals surface area contributed by atoms with Crippen molar-refractivity contribution in [2.75, 3.05) is 7.11 Å². The lowest BCUT2D eigenvalue weighted by molar-refractivity contribution is 0.104. The molecule has 2 heterocycles. The smallest absolute Gasteiger partial charge is 0.260 e. The summed E-state index contributed by atoms with van der Waals surface area (Å²) in [7, 11) is 1.58. The Hall–Kier alpha value is -4.45. The number of allylic oxidation sites excluding steroid dienone is 1. The molecule has 0 radical (unpaired) electrons. The number of fused-ring (bicyclic) bond motifs is 2. The molecule has 0 saturated carbocycles. The fourth-order valence-electron chi connectivity index (χ4n) is 3.83. The maximum Gasteiger partial charge on any atom is 0.260 e. The molecule has 0 aliphatic rings. The third kappa shape index (κ3) is 3.48. The van der Waals surface area contributed by atoms with Crippen LogP contribution in [0.1, 0.15) is 16.2 Å². The highest BCUT2D eigenvalue weighted by Gasteiger charge is 2.19. The van der Waals surface area contributed by atoms with Gasteiger partial charge in [0, 0.05) is 16.5 Å². The number of hydrogen-bond donors (Lipinski definition) is 2. The quantitative estimate of drug-likeness (QED) is 0.310. The molecule has 6 heteroatoms. The zero-order valence-electron chi connectivity index (χ0n) is 17.3. The van der Waals surface area contributed by atoms with Crippen molar-refractivity contribution in [3.63, 3.8) is 0 Å². The molecule has 32 heavy (non-hydrogen) atoms. The second-order valence-electron chi connectivity index (χ2n) is 7.32. The molecule has 0 spiro atoms. The van der Waals surface area contributed by atoms with Crippen LogP contribution in [0.5, 0.6) is 5.75 Å². The van der Waals surface area contributed by atoms with E-state index in [0.29, 0.717) is 22.7 Å². The zero-order valence-corrected chi connectivity index (χ0v) is 17.3. The highest BCUT2D eigenvalue weighted by molar-refractivity contribution is 6.15. The molecular formula is C26H19N3O3. The number of aromatic amines is 2. The van der Waals surface area contributed by atoms with Crippen molar-refractivity contribution in [2.45, 2.75) is 0 Å². The van der Waals surface area contributed by atoms with Crippen LogP contribution < -0.4 is 10.3 Å². The van der Waals surface area contributed by atoms with Crippen molar-refractivity contribution in [1.82, 2.24) is 15.0 Å². The van der Waals surface area contributed by atoms with Crippen LogP contribution in [0.2, 0.25) is 0 Å². The number of pyridine rings is 1. The summed E-state index contributed by atoms with van der Waals surface area (Å²) in [5, 5.41) is 0.732. The Morgan fingerprint density at radius 2 is 1.72 bits per heavy atom. The van der Waals surface area contributed by atoms with Gasteiger partial charge in [-0.2, -0.15) is 0 Å². The van der Waals surface area contributed by atoms with E-state index in [1.54, 1.807) is 25.3 Å². The first kappa shape index (κ1) is 19.5. The second-order valence-corrected chi connectivity index (χ2v) is 7.32. The summed E-state index contributed by atoms with van der Waals surface area (Å²) in [4.78, 5) is 36.7. The average Bonchev–Trinajstić information content (AvgIpc) is 3.25. The van der Waals surface area contributed by atoms with Crippen LogP contribution >= 0.6 is 0 Å². The maximum absolute atomic E-state index is 13.3. The number of carbonyl (C=O) groups is 1. The Balaban J connectivity index is 1.67. The number of nitrogens with zero attached hydrogens (tertiary/aromatic N) is 1. The highest BCUT2D eigenvalue weighted by Crippen LogP contribution is 2.32. The van der Waals surface area contributed by atoms with E-state index in [0.717, 1.165) is 22.0 Å². The Labute approximate surface area is 183 Å². The summed E-state index contributed by atoms with van der Waals surface area (Å²) >= 11 is 0. The van der Waals surface area contributed by atoms with Gasteiger partial charge in [0.2, 0.25) is 0 Å². The first-order valence-corrected chi connectivity index (χ1v) is 10.1. The number of para-hydroxylation sites is 2. The first-order valence-electron chi connectivity index (χ1n) is 10.1. The van der Waals surface area contributed by atoms with Crippen molar-refractivity contribution < 1.29 is 9.53 Å². The van der Waals surface area contributed by atoms with Gasteiger partial charge in [-0.25, -0.2) is 4.98 Å². The van der Waals surface area contributed by atoms with Crippen LogP contribution in [-0.2, 0) is 0 Å². The van der Waals surface area contributed by atoms with Crippen LogP contribution in [0.4, 0.5) is 0 Å². The van der Waals surface area contributed by atoms with Crippen LogP contribution in [0.3, 0.4) is 0 Å². The van der Waals surface area contributed by atoms with E-state index in [-0.39, 0.29) is 5.56 Å². The molecule has 5 aromatic rings. The first-order chi connectivity index (χ1) is 15.6. The molecule has 0 saturated heterocycles. The van der Waals surface area contributed by atoms with Gasteiger partial charge in [-0.1, -0.05) is 42.5 Å². The number of H-pyrrole nitrogens is 2. The maximum atomic E-state index is 13.3. The topological polar surface area (TPSA) is 87.8 Å². The second kappa shape index (κ2) is 8.00. The molecule has 0 aliphatic heterocycles. The third-order valence-electron chi connectivity index (χ3n) is 5.33. The fourth-order valence-corrected chi connectivity index (χ4v) is 3.83. The molecule has 3 aromatic carbocycles. The summed E-state index contributed by atoms with van der Waals surface area (Å²) in [5.74, 6) is 0.771. The molecular weight excluding hydrogens is 402 g/mol. The minimum atomic E-state index is -0.444. The Morgan fingerprint density at radius 3 is 2.50 bits per heavy atom. The minimum Gasteiger partial charge on any atom is -0.497 e. The van der Waals surface area contributed by atoms with E-state index in [9.17, 15) is 9.59 Å². The average molecular weight is 421 g/mol. The fraction of sp³-hybridized carbons (Fsp3) is 0.0385. The van der Waals surface area contributed by atoms with E-state index < -0.39 is 11.3 Å². The van der Waals surface area contributed by atoms with Gasteiger partial charge in [-0.3, -0.25) is 9.59 Å². The molecule has 0 unspecified atom stereocenters. The predicted octanol–water partition coefficient (Wildman–Crippen LogP) is 4.98. The number of ether oxygens (including phenoxy) is 1. The number of rotatable bonds is 5. The summed E-state index contributed by atoms with van der Waals surface area (Å²) in [6.07, 6.45) is 2.97. The number of hydrogen-bond acceptors (Lipinski definition) is 4.